The minimum absolute atomic E-state index is 0.212. The van der Waals surface area contributed by atoms with Crippen molar-refractivity contribution in [3.8, 4) is 0 Å². The van der Waals surface area contributed by atoms with E-state index in [1.54, 1.807) is 0 Å². The molecule has 0 aromatic carbocycles. The van der Waals surface area contributed by atoms with Gasteiger partial charge in [-0.15, -0.1) is 0 Å². The molecule has 90 valence electrons. The predicted octanol–water partition coefficient (Wildman–Crippen LogP) is 2.06. The van der Waals surface area contributed by atoms with Crippen LogP contribution in [-0.2, 0) is 6.54 Å². The highest BCUT2D eigenvalue weighted by atomic mass is 16.3. The topological polar surface area (TPSA) is 36.4 Å². The van der Waals surface area contributed by atoms with Crippen LogP contribution in [0.3, 0.4) is 0 Å². The summed E-state index contributed by atoms with van der Waals surface area (Å²) in [5.74, 6) is 0. The summed E-state index contributed by atoms with van der Waals surface area (Å²) >= 11 is 0. The predicted molar refractivity (Wildman–Crippen MR) is 66.1 cm³/mol. The van der Waals surface area contributed by atoms with E-state index in [0.717, 1.165) is 31.6 Å². The SMILES string of the molecule is CCC(CC)N(CCO)Cc1ccccn1. The van der Waals surface area contributed by atoms with Gasteiger partial charge in [-0.1, -0.05) is 19.9 Å². The van der Waals surface area contributed by atoms with E-state index in [1.807, 2.05) is 24.4 Å². The summed E-state index contributed by atoms with van der Waals surface area (Å²) in [5, 5.41) is 9.09. The molecule has 0 aliphatic heterocycles. The molecule has 0 unspecified atom stereocenters. The summed E-state index contributed by atoms with van der Waals surface area (Å²) in [4.78, 5) is 6.64. The Hall–Kier alpha value is -0.930. The van der Waals surface area contributed by atoms with E-state index in [-0.39, 0.29) is 6.61 Å². The van der Waals surface area contributed by atoms with Gasteiger partial charge in [0, 0.05) is 25.3 Å². The summed E-state index contributed by atoms with van der Waals surface area (Å²) < 4.78 is 0. The molecule has 1 rings (SSSR count). The molecule has 16 heavy (non-hydrogen) atoms. The van der Waals surface area contributed by atoms with E-state index in [1.165, 1.54) is 0 Å². The maximum atomic E-state index is 9.09. The maximum absolute atomic E-state index is 9.09. The van der Waals surface area contributed by atoms with Crippen LogP contribution in [0.4, 0.5) is 0 Å². The van der Waals surface area contributed by atoms with E-state index < -0.39 is 0 Å². The average molecular weight is 222 g/mol. The van der Waals surface area contributed by atoms with Crippen LogP contribution in [-0.4, -0.2) is 34.2 Å². The van der Waals surface area contributed by atoms with E-state index in [9.17, 15) is 0 Å². The molecule has 0 bridgehead atoms. The summed E-state index contributed by atoms with van der Waals surface area (Å²) in [6.07, 6.45) is 4.05. The summed E-state index contributed by atoms with van der Waals surface area (Å²) in [5.41, 5.74) is 1.07. The van der Waals surface area contributed by atoms with E-state index >= 15 is 0 Å². The molecule has 1 N–H and O–H groups in total. The minimum Gasteiger partial charge on any atom is -0.395 e. The van der Waals surface area contributed by atoms with Crippen LogP contribution in [0.25, 0.3) is 0 Å². The third-order valence-corrected chi connectivity index (χ3v) is 2.94. The van der Waals surface area contributed by atoms with Crippen LogP contribution >= 0.6 is 0 Å². The van der Waals surface area contributed by atoms with E-state index in [0.29, 0.717) is 6.04 Å². The first-order chi connectivity index (χ1) is 7.81. The molecule has 0 aliphatic carbocycles. The number of pyridine rings is 1. The first kappa shape index (κ1) is 13.1. The first-order valence-corrected chi connectivity index (χ1v) is 6.06. The fourth-order valence-electron chi connectivity index (χ4n) is 2.02. The lowest BCUT2D eigenvalue weighted by Gasteiger charge is -2.29. The van der Waals surface area contributed by atoms with Crippen LogP contribution in [0.1, 0.15) is 32.4 Å². The number of aliphatic hydroxyl groups excluding tert-OH is 1. The number of aromatic nitrogens is 1. The second-order valence-corrected chi connectivity index (χ2v) is 3.99. The Morgan fingerprint density at radius 3 is 2.56 bits per heavy atom. The Morgan fingerprint density at radius 2 is 2.06 bits per heavy atom. The number of hydrogen-bond acceptors (Lipinski definition) is 3. The lowest BCUT2D eigenvalue weighted by atomic mass is 10.1. The number of nitrogens with zero attached hydrogens (tertiary/aromatic N) is 2. The molecule has 3 nitrogen and oxygen atoms in total. The molecule has 0 amide bonds. The van der Waals surface area contributed by atoms with Crippen molar-refractivity contribution in [1.82, 2.24) is 9.88 Å². The Bertz CT molecular complexity index is 273. The third kappa shape index (κ3) is 3.91. The molecular weight excluding hydrogens is 200 g/mol. The van der Waals surface area contributed by atoms with Crippen LogP contribution in [0.2, 0.25) is 0 Å². The highest BCUT2D eigenvalue weighted by Crippen LogP contribution is 2.11. The third-order valence-electron chi connectivity index (χ3n) is 2.94. The largest absolute Gasteiger partial charge is 0.395 e. The first-order valence-electron chi connectivity index (χ1n) is 6.06. The van der Waals surface area contributed by atoms with Gasteiger partial charge in [-0.25, -0.2) is 0 Å². The number of rotatable bonds is 7. The van der Waals surface area contributed by atoms with Crippen molar-refractivity contribution < 1.29 is 5.11 Å². The number of hydrogen-bond donors (Lipinski definition) is 1. The van der Waals surface area contributed by atoms with Crippen molar-refractivity contribution in [2.45, 2.75) is 39.3 Å². The molecule has 3 heteroatoms. The van der Waals surface area contributed by atoms with Crippen LogP contribution in [0, 0.1) is 0 Å². The minimum atomic E-state index is 0.212. The van der Waals surface area contributed by atoms with Gasteiger partial charge < -0.3 is 5.11 Å². The highest BCUT2D eigenvalue weighted by Gasteiger charge is 2.14. The van der Waals surface area contributed by atoms with Crippen LogP contribution in [0.15, 0.2) is 24.4 Å². The van der Waals surface area contributed by atoms with Gasteiger partial charge >= 0.3 is 0 Å². The molecule has 0 atom stereocenters. The molecule has 0 spiro atoms. The second-order valence-electron chi connectivity index (χ2n) is 3.99. The second kappa shape index (κ2) is 7.36. The van der Waals surface area contributed by atoms with Crippen molar-refractivity contribution in [3.63, 3.8) is 0 Å². The van der Waals surface area contributed by atoms with E-state index in [4.69, 9.17) is 5.11 Å². The zero-order valence-corrected chi connectivity index (χ0v) is 10.3. The molecule has 1 heterocycles. The molecule has 1 aromatic rings. The average Bonchev–Trinajstić information content (AvgIpc) is 2.32. The van der Waals surface area contributed by atoms with Gasteiger partial charge in [-0.05, 0) is 25.0 Å². The lowest BCUT2D eigenvalue weighted by molar-refractivity contribution is 0.135. The monoisotopic (exact) mass is 222 g/mol. The Kier molecular flexibility index (Phi) is 6.04. The van der Waals surface area contributed by atoms with E-state index in [2.05, 4.69) is 23.7 Å². The molecule has 0 fully saturated rings. The highest BCUT2D eigenvalue weighted by molar-refractivity contribution is 5.03. The van der Waals surface area contributed by atoms with Crippen molar-refractivity contribution in [2.24, 2.45) is 0 Å². The van der Waals surface area contributed by atoms with Gasteiger partial charge in [0.2, 0.25) is 0 Å². The fraction of sp³-hybridized carbons (Fsp3) is 0.615. The molecule has 0 aliphatic rings. The quantitative estimate of drug-likeness (QED) is 0.767. The molecule has 0 radical (unpaired) electrons. The van der Waals surface area contributed by atoms with Crippen molar-refractivity contribution in [3.05, 3.63) is 30.1 Å². The summed E-state index contributed by atoms with van der Waals surface area (Å²) in [7, 11) is 0. The summed E-state index contributed by atoms with van der Waals surface area (Å²) in [6.45, 7) is 6.15. The normalized spacial score (nSPS) is 11.3. The maximum Gasteiger partial charge on any atom is 0.0558 e. The van der Waals surface area contributed by atoms with Gasteiger partial charge in [0.25, 0.3) is 0 Å². The van der Waals surface area contributed by atoms with Gasteiger partial charge in [-0.2, -0.15) is 0 Å². The molecule has 0 saturated carbocycles. The van der Waals surface area contributed by atoms with Gasteiger partial charge in [-0.3, -0.25) is 9.88 Å². The fourth-order valence-corrected chi connectivity index (χ4v) is 2.02. The van der Waals surface area contributed by atoms with Crippen molar-refractivity contribution in [1.29, 1.82) is 0 Å². The Labute approximate surface area is 98.1 Å². The summed E-state index contributed by atoms with van der Waals surface area (Å²) in [6, 6.07) is 6.50. The van der Waals surface area contributed by atoms with Crippen molar-refractivity contribution in [2.75, 3.05) is 13.2 Å². The van der Waals surface area contributed by atoms with Crippen LogP contribution in [0.5, 0.6) is 0 Å². The zero-order chi connectivity index (χ0) is 11.8. The van der Waals surface area contributed by atoms with Gasteiger partial charge in [0.05, 0.1) is 12.3 Å². The Morgan fingerprint density at radius 1 is 1.31 bits per heavy atom. The smallest absolute Gasteiger partial charge is 0.0558 e. The van der Waals surface area contributed by atoms with Gasteiger partial charge in [0.1, 0.15) is 0 Å². The zero-order valence-electron chi connectivity index (χ0n) is 10.3. The molecular formula is C13H22N2O. The lowest BCUT2D eigenvalue weighted by Crippen LogP contribution is -2.36. The standard InChI is InChI=1S/C13H22N2O/c1-3-13(4-2)15(9-10-16)11-12-7-5-6-8-14-12/h5-8,13,16H,3-4,9-11H2,1-2H3. The number of aliphatic hydroxyl groups is 1. The molecule has 0 saturated heterocycles. The Balaban J connectivity index is 2.63. The van der Waals surface area contributed by atoms with Gasteiger partial charge in [0.15, 0.2) is 0 Å². The van der Waals surface area contributed by atoms with Crippen LogP contribution < -0.4 is 0 Å². The van der Waals surface area contributed by atoms with Crippen molar-refractivity contribution >= 4 is 0 Å². The molecule has 1 aromatic heterocycles.